The topological polar surface area (TPSA) is 58.6 Å². The van der Waals surface area contributed by atoms with Crippen molar-refractivity contribution in [3.8, 4) is 5.88 Å². The number of piperazine rings is 1. The third kappa shape index (κ3) is 3.67. The zero-order valence-corrected chi connectivity index (χ0v) is 13.8. The number of halogens is 2. The lowest BCUT2D eigenvalue weighted by Crippen LogP contribution is -2.49. The van der Waals surface area contributed by atoms with Gasteiger partial charge in [0.05, 0.1) is 6.61 Å². The van der Waals surface area contributed by atoms with E-state index in [-0.39, 0.29) is 0 Å². The minimum atomic E-state index is -0.843. The summed E-state index contributed by atoms with van der Waals surface area (Å²) in [7, 11) is 0. The van der Waals surface area contributed by atoms with Crippen molar-refractivity contribution < 1.29 is 18.3 Å². The van der Waals surface area contributed by atoms with Crippen LogP contribution in [0.4, 0.5) is 14.6 Å². The molecule has 1 fully saturated rings. The van der Waals surface area contributed by atoms with Gasteiger partial charge in [0.15, 0.2) is 5.82 Å². The van der Waals surface area contributed by atoms with E-state index in [0.717, 1.165) is 12.1 Å². The second-order valence-corrected chi connectivity index (χ2v) is 5.54. The first-order valence-corrected chi connectivity index (χ1v) is 8.05. The highest BCUT2D eigenvalue weighted by Gasteiger charge is 2.27. The Hall–Kier alpha value is -2.77. The minimum Gasteiger partial charge on any atom is -0.477 e. The molecule has 8 heteroatoms. The molecule has 3 rings (SSSR count). The van der Waals surface area contributed by atoms with Crippen molar-refractivity contribution >= 4 is 11.7 Å². The van der Waals surface area contributed by atoms with Crippen LogP contribution in [-0.4, -0.2) is 53.8 Å². The number of aromatic nitrogens is 2. The first-order valence-electron chi connectivity index (χ1n) is 8.05. The van der Waals surface area contributed by atoms with Crippen LogP contribution in [0.25, 0.3) is 0 Å². The third-order valence-corrected chi connectivity index (χ3v) is 3.99. The van der Waals surface area contributed by atoms with Crippen molar-refractivity contribution in [2.75, 3.05) is 37.7 Å². The van der Waals surface area contributed by atoms with Crippen LogP contribution in [0.2, 0.25) is 0 Å². The number of anilines is 1. The highest BCUT2D eigenvalue weighted by Crippen LogP contribution is 2.19. The zero-order chi connectivity index (χ0) is 17.8. The molecule has 0 N–H and O–H groups in total. The molecule has 0 spiro atoms. The standard InChI is InChI=1S/C17H18F2N4O2/c1-2-25-15-7-6-14(20-21-15)22-8-10-23(11-9-22)17(24)16-12(18)4-3-5-13(16)19/h3-7H,2,8-11H2,1H3. The Morgan fingerprint density at radius 2 is 1.76 bits per heavy atom. The van der Waals surface area contributed by atoms with Crippen molar-refractivity contribution in [2.24, 2.45) is 0 Å². The van der Waals surface area contributed by atoms with Gasteiger partial charge in [0, 0.05) is 32.2 Å². The zero-order valence-electron chi connectivity index (χ0n) is 13.8. The average molecular weight is 348 g/mol. The Morgan fingerprint density at radius 1 is 1.08 bits per heavy atom. The van der Waals surface area contributed by atoms with Gasteiger partial charge in [-0.2, -0.15) is 0 Å². The Bertz CT molecular complexity index is 727. The fourth-order valence-electron chi connectivity index (χ4n) is 2.71. The molecule has 0 atom stereocenters. The molecule has 1 aliphatic rings. The van der Waals surface area contributed by atoms with E-state index in [2.05, 4.69) is 10.2 Å². The number of hydrogen-bond donors (Lipinski definition) is 0. The summed E-state index contributed by atoms with van der Waals surface area (Å²) in [5.41, 5.74) is -0.503. The van der Waals surface area contributed by atoms with Gasteiger partial charge in [-0.25, -0.2) is 8.78 Å². The van der Waals surface area contributed by atoms with Gasteiger partial charge >= 0.3 is 0 Å². The molecule has 0 saturated carbocycles. The molecule has 1 aliphatic heterocycles. The maximum absolute atomic E-state index is 13.8. The quantitative estimate of drug-likeness (QED) is 0.847. The molecule has 6 nitrogen and oxygen atoms in total. The normalized spacial score (nSPS) is 14.5. The average Bonchev–Trinajstić information content (AvgIpc) is 2.62. The van der Waals surface area contributed by atoms with E-state index in [1.165, 1.54) is 11.0 Å². The highest BCUT2D eigenvalue weighted by atomic mass is 19.1. The van der Waals surface area contributed by atoms with E-state index >= 15 is 0 Å². The van der Waals surface area contributed by atoms with Crippen LogP contribution < -0.4 is 9.64 Å². The van der Waals surface area contributed by atoms with Gasteiger partial charge in [-0.1, -0.05) is 6.07 Å². The van der Waals surface area contributed by atoms with E-state index in [1.807, 2.05) is 11.8 Å². The van der Waals surface area contributed by atoms with Gasteiger partial charge in [-0.3, -0.25) is 4.79 Å². The summed E-state index contributed by atoms with van der Waals surface area (Å²) >= 11 is 0. The predicted octanol–water partition coefficient (Wildman–Crippen LogP) is 2.12. The van der Waals surface area contributed by atoms with Gasteiger partial charge in [0.2, 0.25) is 5.88 Å². The fourth-order valence-corrected chi connectivity index (χ4v) is 2.71. The molecule has 1 amide bonds. The number of amides is 1. The predicted molar refractivity (Wildman–Crippen MR) is 87.7 cm³/mol. The minimum absolute atomic E-state index is 0.349. The number of hydrogen-bond acceptors (Lipinski definition) is 5. The molecule has 0 unspecified atom stereocenters. The molecule has 1 aromatic carbocycles. The van der Waals surface area contributed by atoms with Crippen molar-refractivity contribution in [3.05, 3.63) is 47.5 Å². The summed E-state index contributed by atoms with van der Waals surface area (Å²) in [6, 6.07) is 6.94. The molecule has 0 bridgehead atoms. The van der Waals surface area contributed by atoms with Crippen molar-refractivity contribution in [1.82, 2.24) is 15.1 Å². The van der Waals surface area contributed by atoms with Gasteiger partial charge < -0.3 is 14.5 Å². The molecule has 2 heterocycles. The van der Waals surface area contributed by atoms with Gasteiger partial charge in [0.25, 0.3) is 5.91 Å². The first kappa shape index (κ1) is 17.1. The van der Waals surface area contributed by atoms with Crippen LogP contribution in [-0.2, 0) is 0 Å². The maximum Gasteiger partial charge on any atom is 0.259 e. The summed E-state index contributed by atoms with van der Waals surface area (Å²) in [6.07, 6.45) is 0. The molecule has 0 radical (unpaired) electrons. The molecule has 2 aromatic rings. The molecular weight excluding hydrogens is 330 g/mol. The van der Waals surface area contributed by atoms with Crippen LogP contribution in [0.3, 0.4) is 0 Å². The van der Waals surface area contributed by atoms with Crippen LogP contribution in [0.5, 0.6) is 5.88 Å². The lowest BCUT2D eigenvalue weighted by Gasteiger charge is -2.35. The number of ether oxygens (including phenoxy) is 1. The Balaban J connectivity index is 1.64. The van der Waals surface area contributed by atoms with Crippen LogP contribution in [0, 0.1) is 11.6 Å². The molecule has 1 aromatic heterocycles. The van der Waals surface area contributed by atoms with Gasteiger partial charge in [-0.15, -0.1) is 10.2 Å². The Labute approximate surface area is 144 Å². The molecule has 132 valence electrons. The number of benzene rings is 1. The summed E-state index contributed by atoms with van der Waals surface area (Å²) < 4.78 is 32.8. The number of carbonyl (C=O) groups is 1. The Kier molecular flexibility index (Phi) is 5.06. The highest BCUT2D eigenvalue weighted by molar-refractivity contribution is 5.95. The van der Waals surface area contributed by atoms with Gasteiger partial charge in [-0.05, 0) is 25.1 Å². The third-order valence-electron chi connectivity index (χ3n) is 3.99. The van der Waals surface area contributed by atoms with Gasteiger partial charge in [0.1, 0.15) is 17.2 Å². The summed E-state index contributed by atoms with van der Waals surface area (Å²) in [4.78, 5) is 15.8. The number of nitrogens with zero attached hydrogens (tertiary/aromatic N) is 4. The second-order valence-electron chi connectivity index (χ2n) is 5.54. The van der Waals surface area contributed by atoms with Crippen molar-refractivity contribution in [2.45, 2.75) is 6.92 Å². The number of carbonyl (C=O) groups excluding carboxylic acids is 1. The molecular formula is C17H18F2N4O2. The van der Waals surface area contributed by atoms with Crippen molar-refractivity contribution in [1.29, 1.82) is 0 Å². The van der Waals surface area contributed by atoms with Crippen molar-refractivity contribution in [3.63, 3.8) is 0 Å². The van der Waals surface area contributed by atoms with Crippen LogP contribution in [0.15, 0.2) is 30.3 Å². The fraction of sp³-hybridized carbons (Fsp3) is 0.353. The Morgan fingerprint density at radius 3 is 2.32 bits per heavy atom. The van der Waals surface area contributed by atoms with E-state index in [9.17, 15) is 13.6 Å². The second kappa shape index (κ2) is 7.42. The molecule has 1 saturated heterocycles. The molecule has 25 heavy (non-hydrogen) atoms. The van der Waals surface area contributed by atoms with E-state index < -0.39 is 23.1 Å². The van der Waals surface area contributed by atoms with E-state index in [1.54, 1.807) is 12.1 Å². The largest absolute Gasteiger partial charge is 0.477 e. The smallest absolute Gasteiger partial charge is 0.259 e. The summed E-state index contributed by atoms with van der Waals surface area (Å²) in [5.74, 6) is -1.19. The number of rotatable bonds is 4. The van der Waals surface area contributed by atoms with E-state index in [4.69, 9.17) is 4.74 Å². The molecule has 0 aliphatic carbocycles. The van der Waals surface area contributed by atoms with Crippen LogP contribution in [0.1, 0.15) is 17.3 Å². The SMILES string of the molecule is CCOc1ccc(N2CCN(C(=O)c3c(F)cccc3F)CC2)nn1. The van der Waals surface area contributed by atoms with Crippen LogP contribution >= 0.6 is 0 Å². The van der Waals surface area contributed by atoms with E-state index in [0.29, 0.717) is 44.5 Å². The lowest BCUT2D eigenvalue weighted by molar-refractivity contribution is 0.0736. The maximum atomic E-state index is 13.8. The monoisotopic (exact) mass is 348 g/mol. The lowest BCUT2D eigenvalue weighted by atomic mass is 10.1. The first-order chi connectivity index (χ1) is 12.1. The summed E-state index contributed by atoms with van der Waals surface area (Å²) in [6.45, 7) is 4.09. The summed E-state index contributed by atoms with van der Waals surface area (Å²) in [5, 5.41) is 8.08.